The molecule has 6 nitrogen and oxygen atoms in total. The highest BCUT2D eigenvalue weighted by Gasteiger charge is 2.16. The molecule has 0 aromatic rings. The second-order valence-corrected chi connectivity index (χ2v) is 12.6. The summed E-state index contributed by atoms with van der Waals surface area (Å²) < 4.78 is 11.4. The van der Waals surface area contributed by atoms with Crippen LogP contribution in [-0.2, 0) is 14.3 Å². The standard InChI is InChI=1S/C31H59BrN2O4/c1-6-7-8-9-10-11-12-13-14-15-16-17-18-19-20-22-25-33-31(36)38-30(32)28(2)27-37-29(35)24-21-23-26-34(3,4)5/h30H,2,6-27H2,1,3-5H3/p+1. The number of ether oxygens (including phenoxy) is 2. The van der Waals surface area contributed by atoms with Crippen LogP contribution in [0.3, 0.4) is 0 Å². The zero-order chi connectivity index (χ0) is 28.5. The number of rotatable bonds is 26. The van der Waals surface area contributed by atoms with Gasteiger partial charge < -0.3 is 19.3 Å². The molecule has 1 amide bonds. The van der Waals surface area contributed by atoms with Crippen LogP contribution in [0.5, 0.6) is 0 Å². The van der Waals surface area contributed by atoms with Crippen molar-refractivity contribution in [1.82, 2.24) is 5.32 Å². The van der Waals surface area contributed by atoms with Crippen molar-refractivity contribution < 1.29 is 23.5 Å². The highest BCUT2D eigenvalue weighted by atomic mass is 79.9. The number of nitrogens with zero attached hydrogens (tertiary/aromatic N) is 1. The van der Waals surface area contributed by atoms with E-state index in [1.165, 1.54) is 89.9 Å². The van der Waals surface area contributed by atoms with Crippen LogP contribution in [0.1, 0.15) is 129 Å². The molecule has 1 unspecified atom stereocenters. The summed E-state index contributed by atoms with van der Waals surface area (Å²) in [4.78, 5) is 23.9. The first kappa shape index (κ1) is 36.9. The van der Waals surface area contributed by atoms with Crippen LogP contribution in [-0.4, -0.2) is 62.4 Å². The largest absolute Gasteiger partial charge is 0.461 e. The molecule has 1 N–H and O–H groups in total. The van der Waals surface area contributed by atoms with Crippen molar-refractivity contribution in [2.24, 2.45) is 0 Å². The highest BCUT2D eigenvalue weighted by molar-refractivity contribution is 9.09. The fourth-order valence-corrected chi connectivity index (χ4v) is 4.55. The molecular formula is C31H60BrN2O4+. The quantitative estimate of drug-likeness (QED) is 0.0353. The third-order valence-electron chi connectivity index (χ3n) is 6.71. The van der Waals surface area contributed by atoms with Crippen molar-refractivity contribution in [3.05, 3.63) is 12.2 Å². The number of hydrogen-bond acceptors (Lipinski definition) is 4. The number of hydrogen-bond donors (Lipinski definition) is 1. The molecule has 0 fully saturated rings. The molecule has 7 heteroatoms. The van der Waals surface area contributed by atoms with Crippen LogP contribution >= 0.6 is 15.9 Å². The number of carbonyl (C=O) groups is 2. The first-order chi connectivity index (χ1) is 18.2. The number of alkyl carbamates (subject to hydrolysis) is 1. The molecule has 0 spiro atoms. The maximum absolute atomic E-state index is 12.0. The molecule has 0 saturated heterocycles. The Balaban J connectivity index is 3.54. The molecule has 0 aromatic heterocycles. The molecule has 0 aliphatic heterocycles. The second kappa shape index (κ2) is 24.9. The van der Waals surface area contributed by atoms with Gasteiger partial charge in [0.25, 0.3) is 0 Å². The van der Waals surface area contributed by atoms with E-state index < -0.39 is 11.1 Å². The van der Waals surface area contributed by atoms with E-state index in [1.807, 2.05) is 0 Å². The van der Waals surface area contributed by atoms with Crippen molar-refractivity contribution in [3.8, 4) is 0 Å². The van der Waals surface area contributed by atoms with Gasteiger partial charge in [0.2, 0.25) is 0 Å². The molecule has 1 atom stereocenters. The van der Waals surface area contributed by atoms with Gasteiger partial charge in [0.05, 0.1) is 27.7 Å². The van der Waals surface area contributed by atoms with E-state index in [-0.39, 0.29) is 12.6 Å². The van der Waals surface area contributed by atoms with Gasteiger partial charge in [0.1, 0.15) is 6.61 Å². The first-order valence-corrected chi connectivity index (χ1v) is 16.3. The molecule has 0 aliphatic carbocycles. The van der Waals surface area contributed by atoms with E-state index in [2.05, 4.69) is 55.9 Å². The molecule has 0 radical (unpaired) electrons. The van der Waals surface area contributed by atoms with Gasteiger partial charge in [-0.3, -0.25) is 4.79 Å². The van der Waals surface area contributed by atoms with Gasteiger partial charge in [-0.2, -0.15) is 0 Å². The summed E-state index contributed by atoms with van der Waals surface area (Å²) in [7, 11) is 6.40. The van der Waals surface area contributed by atoms with E-state index in [1.54, 1.807) is 0 Å². The molecule has 0 aliphatic rings. The fourth-order valence-electron chi connectivity index (χ4n) is 4.25. The van der Waals surface area contributed by atoms with Crippen LogP contribution < -0.4 is 5.32 Å². The average Bonchev–Trinajstić information content (AvgIpc) is 2.86. The van der Waals surface area contributed by atoms with E-state index in [0.717, 1.165) is 36.7 Å². The molecule has 0 heterocycles. The highest BCUT2D eigenvalue weighted by Crippen LogP contribution is 2.15. The van der Waals surface area contributed by atoms with Crippen LogP contribution in [0, 0.1) is 0 Å². The summed E-state index contributed by atoms with van der Waals surface area (Å²) >= 11 is 3.30. The number of unbranched alkanes of at least 4 members (excludes halogenated alkanes) is 16. The third kappa shape index (κ3) is 26.5. The lowest BCUT2D eigenvalue weighted by Gasteiger charge is -2.23. The topological polar surface area (TPSA) is 64.6 Å². The Morgan fingerprint density at radius 3 is 1.71 bits per heavy atom. The number of nitrogens with one attached hydrogen (secondary N) is 1. The number of carbonyl (C=O) groups excluding carboxylic acids is 2. The van der Waals surface area contributed by atoms with Gasteiger partial charge in [-0.15, -0.1) is 0 Å². The maximum Gasteiger partial charge on any atom is 0.408 e. The van der Waals surface area contributed by atoms with E-state index >= 15 is 0 Å². The Kier molecular flexibility index (Phi) is 24.2. The predicted molar refractivity (Wildman–Crippen MR) is 164 cm³/mol. The first-order valence-electron chi connectivity index (χ1n) is 15.4. The monoisotopic (exact) mass is 603 g/mol. The Hall–Kier alpha value is -1.08. The normalized spacial score (nSPS) is 12.2. The van der Waals surface area contributed by atoms with Crippen molar-refractivity contribution in [3.63, 3.8) is 0 Å². The van der Waals surface area contributed by atoms with Gasteiger partial charge in [0, 0.05) is 18.5 Å². The zero-order valence-corrected chi connectivity index (χ0v) is 26.9. The van der Waals surface area contributed by atoms with Gasteiger partial charge in [-0.05, 0) is 35.2 Å². The summed E-state index contributed by atoms with van der Waals surface area (Å²) in [6, 6.07) is 0. The lowest BCUT2D eigenvalue weighted by Crippen LogP contribution is -2.35. The van der Waals surface area contributed by atoms with Crippen molar-refractivity contribution in [1.29, 1.82) is 0 Å². The number of esters is 1. The zero-order valence-electron chi connectivity index (χ0n) is 25.3. The summed E-state index contributed by atoms with van der Waals surface area (Å²) in [5, 5.41) is 2.11. The van der Waals surface area contributed by atoms with Gasteiger partial charge in [0.15, 0.2) is 5.01 Å². The Morgan fingerprint density at radius 1 is 0.763 bits per heavy atom. The third-order valence-corrected chi connectivity index (χ3v) is 7.54. The van der Waals surface area contributed by atoms with Gasteiger partial charge in [-0.25, -0.2) is 4.79 Å². The SMILES string of the molecule is C=C(COC(=O)CCCC[N+](C)(C)C)C(Br)OC(=O)NCCCCCCCCCCCCCCCCCC. The van der Waals surface area contributed by atoms with Crippen LogP contribution in [0.25, 0.3) is 0 Å². The summed E-state index contributed by atoms with van der Waals surface area (Å²) in [5.41, 5.74) is 0.502. The molecule has 0 rings (SSSR count). The van der Waals surface area contributed by atoms with Crippen molar-refractivity contribution in [2.45, 2.75) is 134 Å². The molecular weight excluding hydrogens is 544 g/mol. The number of alkyl halides is 1. The van der Waals surface area contributed by atoms with Gasteiger partial charge >= 0.3 is 12.1 Å². The van der Waals surface area contributed by atoms with E-state index in [9.17, 15) is 9.59 Å². The number of amides is 1. The second-order valence-electron chi connectivity index (χ2n) is 11.7. The van der Waals surface area contributed by atoms with Crippen LogP contribution in [0.15, 0.2) is 12.2 Å². The Morgan fingerprint density at radius 2 is 1.24 bits per heavy atom. The van der Waals surface area contributed by atoms with Crippen LogP contribution in [0.4, 0.5) is 4.79 Å². The lowest BCUT2D eigenvalue weighted by molar-refractivity contribution is -0.870. The van der Waals surface area contributed by atoms with E-state index in [4.69, 9.17) is 9.47 Å². The molecule has 38 heavy (non-hydrogen) atoms. The minimum absolute atomic E-state index is 0.0382. The fraction of sp³-hybridized carbons (Fsp3) is 0.871. The smallest absolute Gasteiger partial charge is 0.408 e. The summed E-state index contributed by atoms with van der Waals surface area (Å²) in [5.74, 6) is -0.250. The minimum Gasteiger partial charge on any atom is -0.461 e. The average molecular weight is 605 g/mol. The van der Waals surface area contributed by atoms with Gasteiger partial charge in [-0.1, -0.05) is 110 Å². The molecule has 224 valence electrons. The lowest BCUT2D eigenvalue weighted by atomic mass is 10.0. The van der Waals surface area contributed by atoms with Crippen molar-refractivity contribution >= 4 is 28.0 Å². The predicted octanol–water partition coefficient (Wildman–Crippen LogP) is 8.67. The van der Waals surface area contributed by atoms with E-state index in [0.29, 0.717) is 18.5 Å². The van der Waals surface area contributed by atoms with Crippen molar-refractivity contribution in [2.75, 3.05) is 40.8 Å². The van der Waals surface area contributed by atoms with Crippen LogP contribution in [0.2, 0.25) is 0 Å². The Bertz CT molecular complexity index is 607. The molecule has 0 saturated carbocycles. The summed E-state index contributed by atoms with van der Waals surface area (Å²) in [6.07, 6.45) is 22.9. The maximum atomic E-state index is 12.0. The number of halogens is 1. The molecule has 0 bridgehead atoms. The Labute approximate surface area is 243 Å². The summed E-state index contributed by atoms with van der Waals surface area (Å²) in [6.45, 7) is 7.79. The minimum atomic E-state index is -0.681. The molecule has 0 aromatic carbocycles. The number of quaternary nitrogens is 1.